The molecule has 0 radical (unpaired) electrons. The predicted molar refractivity (Wildman–Crippen MR) is 79.1 cm³/mol. The second-order valence-corrected chi connectivity index (χ2v) is 5.14. The first-order chi connectivity index (χ1) is 10.1. The summed E-state index contributed by atoms with van der Waals surface area (Å²) < 4.78 is 0. The summed E-state index contributed by atoms with van der Waals surface area (Å²) in [6.07, 6.45) is 1.56. The van der Waals surface area contributed by atoms with Gasteiger partial charge in [-0.05, 0) is 17.5 Å². The molecule has 5 nitrogen and oxygen atoms in total. The van der Waals surface area contributed by atoms with E-state index >= 15 is 0 Å². The molecule has 5 heteroatoms. The Balaban J connectivity index is 1.93. The highest BCUT2D eigenvalue weighted by atomic mass is 16.3. The van der Waals surface area contributed by atoms with Crippen molar-refractivity contribution in [3.8, 4) is 0 Å². The second kappa shape index (κ2) is 7.04. The average molecular weight is 288 g/mol. The SMILES string of the molecule is C=C[C@H](O)C(=O)NCc1cccc(CN2CCCC2=O)c1. The largest absolute Gasteiger partial charge is 0.379 e. The Kier molecular flexibility index (Phi) is 5.11. The molecular weight excluding hydrogens is 268 g/mol. The Bertz CT molecular complexity index is 542. The molecule has 1 aliphatic rings. The molecule has 1 aromatic rings. The number of nitrogens with zero attached hydrogens (tertiary/aromatic N) is 1. The first kappa shape index (κ1) is 15.3. The van der Waals surface area contributed by atoms with Crippen molar-refractivity contribution in [2.24, 2.45) is 0 Å². The number of nitrogens with one attached hydrogen (secondary N) is 1. The van der Waals surface area contributed by atoms with Gasteiger partial charge in [0.05, 0.1) is 0 Å². The minimum atomic E-state index is -1.18. The smallest absolute Gasteiger partial charge is 0.253 e. The number of hydrogen-bond donors (Lipinski definition) is 2. The Morgan fingerprint density at radius 1 is 1.48 bits per heavy atom. The molecular formula is C16H20N2O3. The van der Waals surface area contributed by atoms with Gasteiger partial charge in [0.25, 0.3) is 5.91 Å². The van der Waals surface area contributed by atoms with Crippen LogP contribution in [-0.2, 0) is 22.7 Å². The van der Waals surface area contributed by atoms with E-state index in [1.54, 1.807) is 0 Å². The van der Waals surface area contributed by atoms with E-state index in [2.05, 4.69) is 11.9 Å². The van der Waals surface area contributed by atoms with Gasteiger partial charge in [-0.25, -0.2) is 0 Å². The highest BCUT2D eigenvalue weighted by Crippen LogP contribution is 2.15. The van der Waals surface area contributed by atoms with Crippen molar-refractivity contribution in [3.05, 3.63) is 48.0 Å². The molecule has 0 spiro atoms. The van der Waals surface area contributed by atoms with Gasteiger partial charge in [-0.3, -0.25) is 9.59 Å². The van der Waals surface area contributed by atoms with Crippen LogP contribution >= 0.6 is 0 Å². The molecule has 0 saturated carbocycles. The fourth-order valence-electron chi connectivity index (χ4n) is 2.33. The molecule has 2 amide bonds. The number of carbonyl (C=O) groups is 2. The van der Waals surface area contributed by atoms with E-state index in [4.69, 9.17) is 0 Å². The van der Waals surface area contributed by atoms with Crippen LogP contribution in [0, 0.1) is 0 Å². The first-order valence-corrected chi connectivity index (χ1v) is 7.04. The molecule has 1 atom stereocenters. The maximum absolute atomic E-state index is 11.6. The lowest BCUT2D eigenvalue weighted by Gasteiger charge is -2.16. The Hall–Kier alpha value is -2.14. The van der Waals surface area contributed by atoms with Crippen molar-refractivity contribution < 1.29 is 14.7 Å². The van der Waals surface area contributed by atoms with Gasteiger partial charge < -0.3 is 15.3 Å². The lowest BCUT2D eigenvalue weighted by atomic mass is 10.1. The number of rotatable bonds is 6. The standard InChI is InChI=1S/C16H20N2O3/c1-2-14(19)16(21)17-10-12-5-3-6-13(9-12)11-18-8-4-7-15(18)20/h2-3,5-6,9,14,19H,1,4,7-8,10-11H2,(H,17,21)/t14-/m0/s1. The van der Waals surface area contributed by atoms with Gasteiger partial charge in [0.2, 0.25) is 5.91 Å². The molecule has 2 rings (SSSR count). The van der Waals surface area contributed by atoms with E-state index in [1.807, 2.05) is 29.2 Å². The molecule has 0 unspecified atom stereocenters. The maximum atomic E-state index is 11.6. The summed E-state index contributed by atoms with van der Waals surface area (Å²) in [5.74, 6) is -0.270. The number of amides is 2. The number of carbonyl (C=O) groups excluding carboxylic acids is 2. The third-order valence-corrected chi connectivity index (χ3v) is 3.49. The topological polar surface area (TPSA) is 69.6 Å². The van der Waals surface area contributed by atoms with Crippen LogP contribution in [0.3, 0.4) is 0 Å². The zero-order valence-corrected chi connectivity index (χ0v) is 11.9. The highest BCUT2D eigenvalue weighted by molar-refractivity contribution is 5.82. The summed E-state index contributed by atoms with van der Waals surface area (Å²) in [4.78, 5) is 24.9. The molecule has 1 aromatic carbocycles. The van der Waals surface area contributed by atoms with E-state index in [1.165, 1.54) is 6.08 Å². The van der Waals surface area contributed by atoms with Crippen LogP contribution in [0.1, 0.15) is 24.0 Å². The molecule has 0 aromatic heterocycles. The predicted octanol–water partition coefficient (Wildman–Crippen LogP) is 0.972. The highest BCUT2D eigenvalue weighted by Gasteiger charge is 2.19. The summed E-state index contributed by atoms with van der Waals surface area (Å²) in [6.45, 7) is 5.12. The first-order valence-electron chi connectivity index (χ1n) is 7.04. The lowest BCUT2D eigenvalue weighted by Crippen LogP contribution is -2.32. The quantitative estimate of drug-likeness (QED) is 0.766. The van der Waals surface area contributed by atoms with Gasteiger partial charge in [0.15, 0.2) is 6.10 Å². The van der Waals surface area contributed by atoms with Crippen molar-refractivity contribution in [1.82, 2.24) is 10.2 Å². The molecule has 1 heterocycles. The van der Waals surface area contributed by atoms with E-state index < -0.39 is 12.0 Å². The molecule has 2 N–H and O–H groups in total. The molecule has 1 saturated heterocycles. The second-order valence-electron chi connectivity index (χ2n) is 5.14. The molecule has 112 valence electrons. The minimum Gasteiger partial charge on any atom is -0.379 e. The number of benzene rings is 1. The van der Waals surface area contributed by atoms with Gasteiger partial charge >= 0.3 is 0 Å². The van der Waals surface area contributed by atoms with E-state index in [-0.39, 0.29) is 5.91 Å². The third kappa shape index (κ3) is 4.16. The zero-order chi connectivity index (χ0) is 15.2. The average Bonchev–Trinajstić information content (AvgIpc) is 2.89. The maximum Gasteiger partial charge on any atom is 0.253 e. The van der Waals surface area contributed by atoms with Crippen molar-refractivity contribution in [2.45, 2.75) is 32.0 Å². The van der Waals surface area contributed by atoms with E-state index in [0.717, 1.165) is 24.1 Å². The van der Waals surface area contributed by atoms with Crippen molar-refractivity contribution in [1.29, 1.82) is 0 Å². The summed E-state index contributed by atoms with van der Waals surface area (Å²) in [5, 5.41) is 11.9. The van der Waals surface area contributed by atoms with Crippen LogP contribution in [0.2, 0.25) is 0 Å². The van der Waals surface area contributed by atoms with Gasteiger partial charge in [-0.2, -0.15) is 0 Å². The summed E-state index contributed by atoms with van der Waals surface area (Å²) >= 11 is 0. The Labute approximate surface area is 124 Å². The van der Waals surface area contributed by atoms with E-state index in [0.29, 0.717) is 19.5 Å². The number of hydrogen-bond acceptors (Lipinski definition) is 3. The molecule has 0 bridgehead atoms. The normalized spacial score (nSPS) is 15.9. The fourth-order valence-corrected chi connectivity index (χ4v) is 2.33. The fraction of sp³-hybridized carbons (Fsp3) is 0.375. The molecule has 1 aliphatic heterocycles. The molecule has 1 fully saturated rings. The third-order valence-electron chi connectivity index (χ3n) is 3.49. The van der Waals surface area contributed by atoms with Gasteiger partial charge in [-0.1, -0.05) is 36.9 Å². The summed E-state index contributed by atoms with van der Waals surface area (Å²) in [7, 11) is 0. The lowest BCUT2D eigenvalue weighted by molar-refractivity contribution is -0.128. The van der Waals surface area contributed by atoms with Crippen molar-refractivity contribution >= 4 is 11.8 Å². The zero-order valence-electron chi connectivity index (χ0n) is 11.9. The number of aliphatic hydroxyl groups is 1. The molecule has 0 aliphatic carbocycles. The van der Waals surface area contributed by atoms with Crippen molar-refractivity contribution in [3.63, 3.8) is 0 Å². The van der Waals surface area contributed by atoms with Crippen LogP contribution in [0.4, 0.5) is 0 Å². The van der Waals surface area contributed by atoms with E-state index in [9.17, 15) is 14.7 Å². The van der Waals surface area contributed by atoms with Gasteiger partial charge in [0.1, 0.15) is 0 Å². The Morgan fingerprint density at radius 3 is 2.90 bits per heavy atom. The number of aliphatic hydroxyl groups excluding tert-OH is 1. The van der Waals surface area contributed by atoms with Gasteiger partial charge in [-0.15, -0.1) is 0 Å². The van der Waals surface area contributed by atoms with Gasteiger partial charge in [0, 0.05) is 26.1 Å². The number of likely N-dealkylation sites (tertiary alicyclic amines) is 1. The summed E-state index contributed by atoms with van der Waals surface area (Å²) in [6, 6.07) is 7.73. The van der Waals surface area contributed by atoms with Crippen molar-refractivity contribution in [2.75, 3.05) is 6.54 Å². The minimum absolute atomic E-state index is 0.197. The monoisotopic (exact) mass is 288 g/mol. The summed E-state index contributed by atoms with van der Waals surface area (Å²) in [5.41, 5.74) is 1.98. The van der Waals surface area contributed by atoms with Crippen LogP contribution in [-0.4, -0.2) is 34.5 Å². The van der Waals surface area contributed by atoms with Crippen LogP contribution in [0.25, 0.3) is 0 Å². The van der Waals surface area contributed by atoms with Crippen LogP contribution in [0.15, 0.2) is 36.9 Å². The molecule has 21 heavy (non-hydrogen) atoms. The van der Waals surface area contributed by atoms with Crippen LogP contribution in [0.5, 0.6) is 0 Å². The Morgan fingerprint density at radius 2 is 2.24 bits per heavy atom. The van der Waals surface area contributed by atoms with Crippen LogP contribution < -0.4 is 5.32 Å².